The zero-order valence-corrected chi connectivity index (χ0v) is 14.3. The molecule has 130 valence electrons. The summed E-state index contributed by atoms with van der Waals surface area (Å²) >= 11 is 0. The summed E-state index contributed by atoms with van der Waals surface area (Å²) in [6.07, 6.45) is 2.63. The van der Waals surface area contributed by atoms with Crippen LogP contribution in [-0.4, -0.2) is 34.5 Å². The summed E-state index contributed by atoms with van der Waals surface area (Å²) in [4.78, 5) is 14.6. The number of amides is 1. The van der Waals surface area contributed by atoms with Gasteiger partial charge in [-0.1, -0.05) is 42.5 Å². The van der Waals surface area contributed by atoms with Crippen molar-refractivity contribution in [2.45, 2.75) is 37.3 Å². The van der Waals surface area contributed by atoms with Gasteiger partial charge in [-0.3, -0.25) is 9.69 Å². The van der Waals surface area contributed by atoms with Crippen molar-refractivity contribution >= 4 is 5.91 Å². The van der Waals surface area contributed by atoms with E-state index in [1.54, 1.807) is 12.1 Å². The number of hydrogen-bond acceptors (Lipinski definition) is 3. The number of benzene rings is 2. The van der Waals surface area contributed by atoms with Crippen LogP contribution in [0.25, 0.3) is 0 Å². The Hall–Kier alpha value is -2.33. The predicted octanol–water partition coefficient (Wildman–Crippen LogP) is 3.03. The van der Waals surface area contributed by atoms with Crippen LogP contribution in [0.15, 0.2) is 54.6 Å². The molecule has 2 aromatic rings. The van der Waals surface area contributed by atoms with Gasteiger partial charge >= 0.3 is 0 Å². The van der Waals surface area contributed by atoms with Crippen LogP contribution < -0.4 is 5.32 Å². The monoisotopic (exact) mass is 336 g/mol. The van der Waals surface area contributed by atoms with Crippen molar-refractivity contribution in [2.75, 3.05) is 13.1 Å². The second kappa shape index (κ2) is 6.52. The van der Waals surface area contributed by atoms with Crippen molar-refractivity contribution in [1.82, 2.24) is 10.2 Å². The minimum atomic E-state index is -0.159. The zero-order valence-electron chi connectivity index (χ0n) is 14.3. The number of carbonyl (C=O) groups excluding carboxylic acids is 1. The van der Waals surface area contributed by atoms with E-state index in [0.29, 0.717) is 18.1 Å². The molecule has 4 heteroatoms. The van der Waals surface area contributed by atoms with Crippen molar-refractivity contribution in [3.05, 3.63) is 65.7 Å². The molecule has 2 saturated heterocycles. The van der Waals surface area contributed by atoms with E-state index in [1.807, 2.05) is 18.2 Å². The highest BCUT2D eigenvalue weighted by molar-refractivity contribution is 5.78. The summed E-state index contributed by atoms with van der Waals surface area (Å²) in [7, 11) is 0. The normalized spacial score (nSPS) is 26.7. The van der Waals surface area contributed by atoms with E-state index in [4.69, 9.17) is 0 Å². The number of phenolic OH excluding ortho intramolecular Hbond substituents is 1. The van der Waals surface area contributed by atoms with Crippen LogP contribution in [0.2, 0.25) is 0 Å². The molecule has 0 radical (unpaired) electrons. The molecule has 2 atom stereocenters. The first-order valence-electron chi connectivity index (χ1n) is 9.01. The highest BCUT2D eigenvalue weighted by atomic mass is 16.3. The largest absolute Gasteiger partial charge is 0.508 e. The van der Waals surface area contributed by atoms with Gasteiger partial charge in [-0.15, -0.1) is 0 Å². The summed E-state index contributed by atoms with van der Waals surface area (Å²) in [5.74, 6) is 0.789. The third kappa shape index (κ3) is 3.27. The number of nitrogens with zero attached hydrogens (tertiary/aromatic N) is 1. The lowest BCUT2D eigenvalue weighted by molar-refractivity contribution is -0.125. The molecule has 0 bridgehead atoms. The lowest BCUT2D eigenvalue weighted by Gasteiger charge is -2.39. The summed E-state index contributed by atoms with van der Waals surface area (Å²) in [5, 5.41) is 12.8. The summed E-state index contributed by atoms with van der Waals surface area (Å²) < 4.78 is 0. The van der Waals surface area contributed by atoms with Gasteiger partial charge in [-0.25, -0.2) is 0 Å². The standard InChI is InChI=1S/C21H24N2O2/c24-18-10-8-16(9-11-18)13-23-14-19(17-5-2-1-3-6-17)21(15-23)12-4-7-20(25)22-21/h1-3,5-6,8-11,19,24H,4,7,12-15H2,(H,22,25)/t19-,21+/m0/s1. The summed E-state index contributed by atoms with van der Waals surface area (Å²) in [6.45, 7) is 2.64. The molecule has 0 saturated carbocycles. The molecule has 2 aromatic carbocycles. The van der Waals surface area contributed by atoms with Crippen LogP contribution in [0, 0.1) is 0 Å². The van der Waals surface area contributed by atoms with Crippen LogP contribution in [0.5, 0.6) is 5.75 Å². The van der Waals surface area contributed by atoms with Crippen molar-refractivity contribution in [3.63, 3.8) is 0 Å². The molecular weight excluding hydrogens is 312 g/mol. The number of likely N-dealkylation sites (tertiary alicyclic amines) is 1. The van der Waals surface area contributed by atoms with Crippen LogP contribution in [-0.2, 0) is 11.3 Å². The molecule has 0 aliphatic carbocycles. The first-order chi connectivity index (χ1) is 12.1. The summed E-state index contributed by atoms with van der Waals surface area (Å²) in [6, 6.07) is 18.0. The number of aromatic hydroxyl groups is 1. The van der Waals surface area contributed by atoms with Gasteiger partial charge in [-0.05, 0) is 36.1 Å². The molecular formula is C21H24N2O2. The number of nitrogens with one attached hydrogen (secondary N) is 1. The van der Waals surface area contributed by atoms with Crippen molar-refractivity contribution in [1.29, 1.82) is 0 Å². The number of carbonyl (C=O) groups is 1. The molecule has 2 fully saturated rings. The highest BCUT2D eigenvalue weighted by Gasteiger charge is 2.49. The van der Waals surface area contributed by atoms with E-state index in [1.165, 1.54) is 11.1 Å². The number of hydrogen-bond donors (Lipinski definition) is 2. The van der Waals surface area contributed by atoms with Crippen LogP contribution >= 0.6 is 0 Å². The highest BCUT2D eigenvalue weighted by Crippen LogP contribution is 2.41. The Morgan fingerprint density at radius 3 is 2.60 bits per heavy atom. The van der Waals surface area contributed by atoms with Crippen LogP contribution in [0.1, 0.15) is 36.3 Å². The van der Waals surface area contributed by atoms with Crippen molar-refractivity contribution in [2.24, 2.45) is 0 Å². The molecule has 0 aromatic heterocycles. The van der Waals surface area contributed by atoms with Gasteiger partial charge in [0.25, 0.3) is 0 Å². The average Bonchev–Trinajstić information content (AvgIpc) is 2.95. The quantitative estimate of drug-likeness (QED) is 0.906. The molecule has 2 N–H and O–H groups in total. The molecule has 2 heterocycles. The minimum absolute atomic E-state index is 0.159. The second-order valence-corrected chi connectivity index (χ2v) is 7.36. The van der Waals surface area contributed by atoms with E-state index >= 15 is 0 Å². The Balaban J connectivity index is 1.60. The van der Waals surface area contributed by atoms with Crippen LogP contribution in [0.3, 0.4) is 0 Å². The molecule has 1 amide bonds. The zero-order chi connectivity index (χ0) is 17.3. The molecule has 2 aliphatic heterocycles. The molecule has 2 aliphatic rings. The van der Waals surface area contributed by atoms with Gasteiger partial charge in [0.1, 0.15) is 5.75 Å². The van der Waals surface area contributed by atoms with Gasteiger partial charge in [0, 0.05) is 32.0 Å². The third-order valence-corrected chi connectivity index (χ3v) is 5.57. The average molecular weight is 336 g/mol. The fourth-order valence-electron chi connectivity index (χ4n) is 4.44. The molecule has 1 spiro atoms. The first-order valence-corrected chi connectivity index (χ1v) is 9.01. The second-order valence-electron chi connectivity index (χ2n) is 7.36. The summed E-state index contributed by atoms with van der Waals surface area (Å²) in [5.41, 5.74) is 2.33. The Kier molecular flexibility index (Phi) is 4.22. The van der Waals surface area contributed by atoms with E-state index in [-0.39, 0.29) is 11.4 Å². The molecule has 4 nitrogen and oxygen atoms in total. The number of phenols is 1. The number of piperidine rings is 1. The van der Waals surface area contributed by atoms with Gasteiger partial charge < -0.3 is 10.4 Å². The van der Waals surface area contributed by atoms with Crippen molar-refractivity contribution < 1.29 is 9.90 Å². The molecule has 0 unspecified atom stereocenters. The Labute approximate surface area is 148 Å². The maximum atomic E-state index is 12.1. The lowest BCUT2D eigenvalue weighted by atomic mass is 9.76. The first kappa shape index (κ1) is 16.2. The Morgan fingerprint density at radius 2 is 1.88 bits per heavy atom. The van der Waals surface area contributed by atoms with E-state index in [0.717, 1.165) is 32.5 Å². The van der Waals surface area contributed by atoms with Crippen LogP contribution in [0.4, 0.5) is 0 Å². The fraction of sp³-hybridized carbons (Fsp3) is 0.381. The van der Waals surface area contributed by atoms with Gasteiger partial charge in [-0.2, -0.15) is 0 Å². The topological polar surface area (TPSA) is 52.6 Å². The van der Waals surface area contributed by atoms with E-state index < -0.39 is 0 Å². The smallest absolute Gasteiger partial charge is 0.220 e. The minimum Gasteiger partial charge on any atom is -0.508 e. The maximum Gasteiger partial charge on any atom is 0.220 e. The number of rotatable bonds is 3. The Morgan fingerprint density at radius 1 is 1.12 bits per heavy atom. The molecule has 25 heavy (non-hydrogen) atoms. The maximum absolute atomic E-state index is 12.1. The molecule has 4 rings (SSSR count). The lowest BCUT2D eigenvalue weighted by Crippen LogP contribution is -2.56. The fourth-order valence-corrected chi connectivity index (χ4v) is 4.44. The predicted molar refractivity (Wildman–Crippen MR) is 97.3 cm³/mol. The van der Waals surface area contributed by atoms with Gasteiger partial charge in [0.15, 0.2) is 0 Å². The van der Waals surface area contributed by atoms with E-state index in [2.05, 4.69) is 34.5 Å². The van der Waals surface area contributed by atoms with Crippen molar-refractivity contribution in [3.8, 4) is 5.75 Å². The third-order valence-electron chi connectivity index (χ3n) is 5.57. The van der Waals surface area contributed by atoms with E-state index in [9.17, 15) is 9.90 Å². The van der Waals surface area contributed by atoms with Gasteiger partial charge in [0.2, 0.25) is 5.91 Å². The SMILES string of the molecule is O=C1CCC[C@]2(CN(Cc3ccc(O)cc3)C[C@H]2c2ccccc2)N1. The van der Waals surface area contributed by atoms with Gasteiger partial charge in [0.05, 0.1) is 5.54 Å². The Bertz CT molecular complexity index is 744.